The van der Waals surface area contributed by atoms with E-state index in [0.717, 1.165) is 6.07 Å². The van der Waals surface area contributed by atoms with Gasteiger partial charge in [-0.25, -0.2) is 13.6 Å². The van der Waals surface area contributed by atoms with Gasteiger partial charge in [0.2, 0.25) is 10.0 Å². The van der Waals surface area contributed by atoms with Gasteiger partial charge in [0.15, 0.2) is 0 Å². The fourth-order valence-electron chi connectivity index (χ4n) is 1.28. The van der Waals surface area contributed by atoms with Gasteiger partial charge in [-0.15, -0.1) is 6.42 Å². The molecular formula is C11H11ClN2O3S. The number of hydrogen-bond donors (Lipinski definition) is 1. The molecule has 0 aliphatic carbocycles. The Morgan fingerprint density at radius 2 is 2.11 bits per heavy atom. The van der Waals surface area contributed by atoms with Crippen LogP contribution in [0.15, 0.2) is 23.1 Å². The van der Waals surface area contributed by atoms with Crippen LogP contribution in [0.1, 0.15) is 10.4 Å². The summed E-state index contributed by atoms with van der Waals surface area (Å²) in [6, 6.07) is 3.69. The molecule has 0 heterocycles. The van der Waals surface area contributed by atoms with Gasteiger partial charge in [0.05, 0.1) is 11.4 Å². The number of amides is 1. The van der Waals surface area contributed by atoms with Crippen molar-refractivity contribution in [2.24, 2.45) is 5.14 Å². The van der Waals surface area contributed by atoms with Gasteiger partial charge in [-0.05, 0) is 18.2 Å². The second kappa shape index (κ2) is 5.40. The minimum absolute atomic E-state index is 0.107. The zero-order valence-corrected chi connectivity index (χ0v) is 11.1. The molecular weight excluding hydrogens is 276 g/mol. The molecule has 0 aromatic heterocycles. The van der Waals surface area contributed by atoms with Gasteiger partial charge in [-0.1, -0.05) is 17.5 Å². The van der Waals surface area contributed by atoms with Gasteiger partial charge >= 0.3 is 0 Å². The van der Waals surface area contributed by atoms with E-state index in [1.165, 1.54) is 24.1 Å². The molecule has 96 valence electrons. The predicted molar refractivity (Wildman–Crippen MR) is 68.6 cm³/mol. The summed E-state index contributed by atoms with van der Waals surface area (Å²) in [6.07, 6.45) is 5.09. The molecule has 18 heavy (non-hydrogen) atoms. The van der Waals surface area contributed by atoms with Gasteiger partial charge in [-0.3, -0.25) is 4.79 Å². The average molecular weight is 287 g/mol. The number of rotatable bonds is 3. The molecule has 0 aliphatic rings. The smallest absolute Gasteiger partial charge is 0.254 e. The molecule has 1 aromatic rings. The minimum atomic E-state index is -3.91. The number of nitrogens with zero attached hydrogens (tertiary/aromatic N) is 1. The molecule has 1 rings (SSSR count). The van der Waals surface area contributed by atoms with Crippen LogP contribution in [0.2, 0.25) is 5.02 Å². The van der Waals surface area contributed by atoms with E-state index in [9.17, 15) is 13.2 Å². The Kier molecular flexibility index (Phi) is 4.35. The maximum atomic E-state index is 11.9. The highest BCUT2D eigenvalue weighted by atomic mass is 35.5. The molecule has 0 atom stereocenters. The molecule has 2 N–H and O–H groups in total. The Bertz CT molecular complexity index is 620. The maximum Gasteiger partial charge on any atom is 0.254 e. The summed E-state index contributed by atoms with van der Waals surface area (Å²) in [5, 5.41) is 5.10. The Hall–Kier alpha value is -1.55. The minimum Gasteiger partial charge on any atom is -0.331 e. The summed E-state index contributed by atoms with van der Waals surface area (Å²) in [4.78, 5) is 12.9. The van der Waals surface area contributed by atoms with Crippen LogP contribution in [0.3, 0.4) is 0 Å². The fourth-order valence-corrected chi connectivity index (χ4v) is 2.16. The molecule has 0 spiro atoms. The highest BCUT2D eigenvalue weighted by Gasteiger charge is 2.16. The molecule has 1 aromatic carbocycles. The molecule has 0 saturated carbocycles. The van der Waals surface area contributed by atoms with Crippen molar-refractivity contribution in [1.82, 2.24) is 4.90 Å². The van der Waals surface area contributed by atoms with Crippen LogP contribution < -0.4 is 5.14 Å². The Labute approximate surface area is 111 Å². The van der Waals surface area contributed by atoms with E-state index in [0.29, 0.717) is 0 Å². The normalized spacial score (nSPS) is 10.8. The van der Waals surface area contributed by atoms with Gasteiger partial charge in [0, 0.05) is 17.6 Å². The molecule has 0 fully saturated rings. The molecule has 0 aliphatic heterocycles. The zero-order chi connectivity index (χ0) is 13.9. The standard InChI is InChI=1S/C11H11ClN2O3S/c1-3-4-14(2)11(15)8-5-9(12)7-10(6-8)18(13,16)17/h1,5-7H,4H2,2H3,(H2,13,16,17). The quantitative estimate of drug-likeness (QED) is 0.830. The summed E-state index contributed by atoms with van der Waals surface area (Å²) in [6.45, 7) is 0.107. The molecule has 1 amide bonds. The van der Waals surface area contributed by atoms with Gasteiger partial charge < -0.3 is 4.90 Å². The van der Waals surface area contributed by atoms with Crippen molar-refractivity contribution in [3.8, 4) is 12.3 Å². The second-order valence-electron chi connectivity index (χ2n) is 3.59. The highest BCUT2D eigenvalue weighted by Crippen LogP contribution is 2.19. The number of terminal acetylenes is 1. The Morgan fingerprint density at radius 1 is 1.50 bits per heavy atom. The van der Waals surface area contributed by atoms with Crippen molar-refractivity contribution in [2.45, 2.75) is 4.90 Å². The van der Waals surface area contributed by atoms with E-state index in [1.807, 2.05) is 0 Å². The molecule has 0 bridgehead atoms. The number of carbonyl (C=O) groups is 1. The first-order chi connectivity index (χ1) is 8.25. The van der Waals surface area contributed by atoms with Crippen molar-refractivity contribution < 1.29 is 13.2 Å². The lowest BCUT2D eigenvalue weighted by Crippen LogP contribution is -2.27. The molecule has 0 radical (unpaired) electrons. The maximum absolute atomic E-state index is 11.9. The van der Waals surface area contributed by atoms with Crippen molar-refractivity contribution in [3.05, 3.63) is 28.8 Å². The number of primary sulfonamides is 1. The van der Waals surface area contributed by atoms with Crippen LogP contribution in [0, 0.1) is 12.3 Å². The van der Waals surface area contributed by atoms with E-state index in [2.05, 4.69) is 5.92 Å². The first kappa shape index (κ1) is 14.5. The van der Waals surface area contributed by atoms with Crippen molar-refractivity contribution in [1.29, 1.82) is 0 Å². The second-order valence-corrected chi connectivity index (χ2v) is 5.58. The van der Waals surface area contributed by atoms with Crippen LogP contribution in [-0.2, 0) is 10.0 Å². The van der Waals surface area contributed by atoms with Gasteiger partial charge in [0.25, 0.3) is 5.91 Å². The SMILES string of the molecule is C#CCN(C)C(=O)c1cc(Cl)cc(S(N)(=O)=O)c1. The molecule has 0 unspecified atom stereocenters. The number of hydrogen-bond acceptors (Lipinski definition) is 3. The molecule has 7 heteroatoms. The summed E-state index contributed by atoms with van der Waals surface area (Å²) in [5.41, 5.74) is 0.115. The van der Waals surface area contributed by atoms with Crippen molar-refractivity contribution >= 4 is 27.5 Å². The fraction of sp³-hybridized carbons (Fsp3) is 0.182. The van der Waals surface area contributed by atoms with Gasteiger partial charge in [-0.2, -0.15) is 0 Å². The third kappa shape index (κ3) is 3.47. The van der Waals surface area contributed by atoms with Crippen molar-refractivity contribution in [3.63, 3.8) is 0 Å². The summed E-state index contributed by atoms with van der Waals surface area (Å²) < 4.78 is 22.4. The summed E-state index contributed by atoms with van der Waals surface area (Å²) >= 11 is 5.75. The van der Waals surface area contributed by atoms with Crippen LogP contribution >= 0.6 is 11.6 Å². The van der Waals surface area contributed by atoms with E-state index in [1.54, 1.807) is 0 Å². The van der Waals surface area contributed by atoms with Crippen LogP contribution in [0.5, 0.6) is 0 Å². The number of nitrogens with two attached hydrogens (primary N) is 1. The first-order valence-corrected chi connectivity index (χ1v) is 6.70. The Balaban J connectivity index is 3.24. The average Bonchev–Trinajstić information content (AvgIpc) is 2.26. The topological polar surface area (TPSA) is 80.5 Å². The predicted octanol–water partition coefficient (Wildman–Crippen LogP) is 0.693. The van der Waals surface area contributed by atoms with E-state index >= 15 is 0 Å². The monoisotopic (exact) mass is 286 g/mol. The summed E-state index contributed by atoms with van der Waals surface area (Å²) in [7, 11) is -2.42. The van der Waals surface area contributed by atoms with Gasteiger partial charge in [0.1, 0.15) is 0 Å². The molecule has 5 nitrogen and oxygen atoms in total. The molecule has 0 saturated heterocycles. The lowest BCUT2D eigenvalue weighted by atomic mass is 10.2. The van der Waals surface area contributed by atoms with E-state index in [-0.39, 0.29) is 22.0 Å². The van der Waals surface area contributed by atoms with Crippen LogP contribution in [0.4, 0.5) is 0 Å². The number of halogens is 1. The lowest BCUT2D eigenvalue weighted by molar-refractivity contribution is 0.0812. The van der Waals surface area contributed by atoms with E-state index < -0.39 is 15.9 Å². The number of sulfonamides is 1. The van der Waals surface area contributed by atoms with Crippen LogP contribution in [-0.4, -0.2) is 32.8 Å². The van der Waals surface area contributed by atoms with E-state index in [4.69, 9.17) is 23.2 Å². The van der Waals surface area contributed by atoms with Crippen molar-refractivity contribution in [2.75, 3.05) is 13.6 Å². The number of benzene rings is 1. The lowest BCUT2D eigenvalue weighted by Gasteiger charge is -2.14. The summed E-state index contributed by atoms with van der Waals surface area (Å²) in [5.74, 6) is 1.88. The largest absolute Gasteiger partial charge is 0.331 e. The third-order valence-electron chi connectivity index (χ3n) is 2.12. The van der Waals surface area contributed by atoms with Crippen LogP contribution in [0.25, 0.3) is 0 Å². The highest BCUT2D eigenvalue weighted by molar-refractivity contribution is 7.89. The zero-order valence-electron chi connectivity index (χ0n) is 9.55. The first-order valence-electron chi connectivity index (χ1n) is 4.78. The third-order valence-corrected chi connectivity index (χ3v) is 3.23. The number of carbonyl (C=O) groups excluding carboxylic acids is 1. The Morgan fingerprint density at radius 3 is 2.61 bits per heavy atom.